The Labute approximate surface area is 107 Å². The van der Waals surface area contributed by atoms with Gasteiger partial charge in [-0.1, -0.05) is 45.4 Å². The van der Waals surface area contributed by atoms with Gasteiger partial charge in [0.1, 0.15) is 0 Å². The Hall–Kier alpha value is -0.980. The molecule has 0 aliphatic carbocycles. The number of rotatable bonds is 3. The quantitative estimate of drug-likeness (QED) is 0.739. The minimum atomic E-state index is 1.23. The molecule has 17 heavy (non-hydrogen) atoms. The molecular formula is C16H27N. The maximum Gasteiger partial charge on any atom is 0.0428 e. The molecular weight excluding hydrogens is 206 g/mol. The first-order valence-corrected chi connectivity index (χ1v) is 7.16. The van der Waals surface area contributed by atoms with E-state index in [9.17, 15) is 0 Å². The smallest absolute Gasteiger partial charge is 0.0428 e. The van der Waals surface area contributed by atoms with Crippen molar-refractivity contribution in [1.29, 1.82) is 0 Å². The molecule has 1 heteroatoms. The Balaban J connectivity index is 0.000000686. The fourth-order valence-corrected chi connectivity index (χ4v) is 2.52. The monoisotopic (exact) mass is 233 g/mol. The van der Waals surface area contributed by atoms with Crippen molar-refractivity contribution in [3.63, 3.8) is 0 Å². The molecule has 1 aromatic rings. The Bertz CT molecular complexity index is 330. The third-order valence-electron chi connectivity index (χ3n) is 3.29. The van der Waals surface area contributed by atoms with E-state index in [0.717, 1.165) is 0 Å². The molecule has 0 fully saturated rings. The van der Waals surface area contributed by atoms with Gasteiger partial charge in [0.15, 0.2) is 0 Å². The zero-order valence-electron chi connectivity index (χ0n) is 11.9. The highest BCUT2D eigenvalue weighted by molar-refractivity contribution is 5.60. The fraction of sp³-hybridized carbons (Fsp3) is 0.625. The summed E-state index contributed by atoms with van der Waals surface area (Å²) in [5, 5.41) is 0. The minimum Gasteiger partial charge on any atom is -0.371 e. The molecule has 1 aliphatic heterocycles. The number of benzene rings is 1. The molecule has 0 saturated heterocycles. The maximum atomic E-state index is 2.58. The van der Waals surface area contributed by atoms with Gasteiger partial charge in [-0.05, 0) is 37.3 Å². The van der Waals surface area contributed by atoms with Crippen LogP contribution in [-0.4, -0.2) is 13.1 Å². The van der Waals surface area contributed by atoms with E-state index in [1.165, 1.54) is 50.0 Å². The molecule has 0 N–H and O–H groups in total. The summed E-state index contributed by atoms with van der Waals surface area (Å²) >= 11 is 0. The molecule has 0 spiro atoms. The maximum absolute atomic E-state index is 2.58. The number of nitrogens with zero attached hydrogens (tertiary/aromatic N) is 1. The fourth-order valence-electron chi connectivity index (χ4n) is 2.52. The van der Waals surface area contributed by atoms with Gasteiger partial charge in [-0.3, -0.25) is 0 Å². The van der Waals surface area contributed by atoms with E-state index in [-0.39, 0.29) is 0 Å². The third-order valence-corrected chi connectivity index (χ3v) is 3.29. The number of hydrogen-bond donors (Lipinski definition) is 0. The van der Waals surface area contributed by atoms with Crippen molar-refractivity contribution in [1.82, 2.24) is 0 Å². The van der Waals surface area contributed by atoms with Crippen molar-refractivity contribution in [2.75, 3.05) is 18.0 Å². The summed E-state index contributed by atoms with van der Waals surface area (Å²) in [4.78, 5) is 2.58. The van der Waals surface area contributed by atoms with Crippen LogP contribution in [0.3, 0.4) is 0 Å². The lowest BCUT2D eigenvalue weighted by Gasteiger charge is -2.32. The first kappa shape index (κ1) is 14.1. The number of aryl methyl sites for hydroxylation is 2. The number of anilines is 1. The Kier molecular flexibility index (Phi) is 6.10. The van der Waals surface area contributed by atoms with Crippen molar-refractivity contribution in [3.8, 4) is 0 Å². The molecule has 1 nitrogen and oxygen atoms in total. The van der Waals surface area contributed by atoms with E-state index in [0.29, 0.717) is 0 Å². The summed E-state index contributed by atoms with van der Waals surface area (Å²) in [5.74, 6) is 0. The van der Waals surface area contributed by atoms with Crippen LogP contribution in [-0.2, 0) is 6.42 Å². The molecule has 1 heterocycles. The standard InChI is InChI=1S/C14H21N.C2H6/c1-3-4-10-15-11-6-9-13-8-5-7-12(2)14(13)15;1-2/h5,7-8H,3-4,6,9-11H2,1-2H3;1-2H3. The van der Waals surface area contributed by atoms with Gasteiger partial charge in [-0.25, -0.2) is 0 Å². The lowest BCUT2D eigenvalue weighted by molar-refractivity contribution is 0.656. The number of hydrogen-bond acceptors (Lipinski definition) is 1. The van der Waals surface area contributed by atoms with Crippen molar-refractivity contribution in [2.24, 2.45) is 0 Å². The average molecular weight is 233 g/mol. The van der Waals surface area contributed by atoms with E-state index in [1.54, 1.807) is 5.56 Å². The van der Waals surface area contributed by atoms with E-state index in [1.807, 2.05) is 13.8 Å². The molecule has 2 rings (SSSR count). The van der Waals surface area contributed by atoms with Crippen LogP contribution >= 0.6 is 0 Å². The van der Waals surface area contributed by atoms with Gasteiger partial charge in [-0.15, -0.1) is 0 Å². The minimum absolute atomic E-state index is 1.23. The summed E-state index contributed by atoms with van der Waals surface area (Å²) in [6.07, 6.45) is 5.19. The topological polar surface area (TPSA) is 3.24 Å². The molecule has 0 bridgehead atoms. The van der Waals surface area contributed by atoms with Gasteiger partial charge in [0, 0.05) is 18.8 Å². The number of para-hydroxylation sites is 1. The SMILES string of the molecule is CC.CCCCN1CCCc2cccc(C)c21. The molecule has 0 amide bonds. The van der Waals surface area contributed by atoms with E-state index >= 15 is 0 Å². The molecule has 1 aliphatic rings. The van der Waals surface area contributed by atoms with Gasteiger partial charge in [-0.2, -0.15) is 0 Å². The predicted octanol–water partition coefficient (Wildman–Crippen LogP) is 4.57. The average Bonchev–Trinajstić information content (AvgIpc) is 2.39. The van der Waals surface area contributed by atoms with Crippen LogP contribution in [0.5, 0.6) is 0 Å². The first-order valence-electron chi connectivity index (χ1n) is 7.16. The van der Waals surface area contributed by atoms with Crippen LogP contribution in [0.15, 0.2) is 18.2 Å². The second kappa shape index (κ2) is 7.37. The second-order valence-electron chi connectivity index (χ2n) is 4.53. The second-order valence-corrected chi connectivity index (χ2v) is 4.53. The molecule has 1 aromatic carbocycles. The van der Waals surface area contributed by atoms with E-state index in [2.05, 4.69) is 36.9 Å². The summed E-state index contributed by atoms with van der Waals surface area (Å²) in [6.45, 7) is 11.0. The van der Waals surface area contributed by atoms with Crippen LogP contribution in [0.4, 0.5) is 5.69 Å². The van der Waals surface area contributed by atoms with Gasteiger partial charge in [0.25, 0.3) is 0 Å². The predicted molar refractivity (Wildman–Crippen MR) is 78.0 cm³/mol. The first-order chi connectivity index (χ1) is 8.33. The molecule has 0 saturated carbocycles. The Morgan fingerprint density at radius 3 is 2.71 bits per heavy atom. The largest absolute Gasteiger partial charge is 0.371 e. The highest BCUT2D eigenvalue weighted by atomic mass is 15.1. The van der Waals surface area contributed by atoms with Crippen molar-refractivity contribution < 1.29 is 0 Å². The Morgan fingerprint density at radius 1 is 1.24 bits per heavy atom. The third kappa shape index (κ3) is 3.49. The van der Waals surface area contributed by atoms with Crippen LogP contribution in [0, 0.1) is 6.92 Å². The summed E-state index contributed by atoms with van der Waals surface area (Å²) in [7, 11) is 0. The van der Waals surface area contributed by atoms with Crippen LogP contribution in [0.1, 0.15) is 51.2 Å². The normalized spacial score (nSPS) is 13.8. The van der Waals surface area contributed by atoms with Crippen LogP contribution < -0.4 is 4.90 Å². The molecule has 0 radical (unpaired) electrons. The van der Waals surface area contributed by atoms with Gasteiger partial charge in [0.05, 0.1) is 0 Å². The molecule has 0 aromatic heterocycles. The van der Waals surface area contributed by atoms with E-state index < -0.39 is 0 Å². The zero-order valence-corrected chi connectivity index (χ0v) is 11.9. The van der Waals surface area contributed by atoms with Gasteiger partial charge < -0.3 is 4.90 Å². The van der Waals surface area contributed by atoms with Crippen molar-refractivity contribution in [2.45, 2.75) is 53.4 Å². The van der Waals surface area contributed by atoms with Crippen molar-refractivity contribution >= 4 is 5.69 Å². The number of fused-ring (bicyclic) bond motifs is 1. The van der Waals surface area contributed by atoms with Crippen molar-refractivity contribution in [3.05, 3.63) is 29.3 Å². The highest BCUT2D eigenvalue weighted by Crippen LogP contribution is 2.30. The summed E-state index contributed by atoms with van der Waals surface area (Å²) in [6, 6.07) is 6.72. The zero-order chi connectivity index (χ0) is 12.7. The summed E-state index contributed by atoms with van der Waals surface area (Å²) < 4.78 is 0. The lowest BCUT2D eigenvalue weighted by atomic mass is 9.98. The van der Waals surface area contributed by atoms with E-state index in [4.69, 9.17) is 0 Å². The molecule has 0 atom stereocenters. The van der Waals surface area contributed by atoms with Crippen LogP contribution in [0.25, 0.3) is 0 Å². The summed E-state index contributed by atoms with van der Waals surface area (Å²) in [5.41, 5.74) is 4.53. The molecule has 0 unspecified atom stereocenters. The number of unbranched alkanes of at least 4 members (excludes halogenated alkanes) is 1. The van der Waals surface area contributed by atoms with Gasteiger partial charge in [0.2, 0.25) is 0 Å². The molecule has 96 valence electrons. The Morgan fingerprint density at radius 2 is 2.00 bits per heavy atom. The van der Waals surface area contributed by atoms with Crippen LogP contribution in [0.2, 0.25) is 0 Å². The highest BCUT2D eigenvalue weighted by Gasteiger charge is 2.17. The van der Waals surface area contributed by atoms with Gasteiger partial charge >= 0.3 is 0 Å². The lowest BCUT2D eigenvalue weighted by Crippen LogP contribution is -2.30.